The molecule has 0 radical (unpaired) electrons. The first-order valence-corrected chi connectivity index (χ1v) is 7.41. The largest absolute Gasteiger partial charge is 0.322 e. The van der Waals surface area contributed by atoms with Crippen LogP contribution in [0.15, 0.2) is 18.2 Å². The van der Waals surface area contributed by atoms with Crippen LogP contribution in [0, 0.1) is 0 Å². The van der Waals surface area contributed by atoms with E-state index in [1.165, 1.54) is 18.4 Å². The van der Waals surface area contributed by atoms with E-state index in [1.54, 1.807) is 4.90 Å². The smallest absolute Gasteiger partial charge is 0.255 e. The summed E-state index contributed by atoms with van der Waals surface area (Å²) in [5.41, 5.74) is 2.94. The summed E-state index contributed by atoms with van der Waals surface area (Å²) in [5, 5.41) is 2.32. The van der Waals surface area contributed by atoms with Crippen LogP contribution in [-0.4, -0.2) is 28.7 Å². The molecule has 1 N–H and O–H groups in total. The molecule has 1 unspecified atom stereocenters. The van der Waals surface area contributed by atoms with Crippen LogP contribution in [0.25, 0.3) is 0 Å². The lowest BCUT2D eigenvalue weighted by molar-refractivity contribution is -0.136. The Labute approximate surface area is 122 Å². The molecule has 21 heavy (non-hydrogen) atoms. The highest BCUT2D eigenvalue weighted by atomic mass is 16.2. The molecule has 5 heteroatoms. The number of amides is 3. The Morgan fingerprint density at radius 3 is 2.62 bits per heavy atom. The average molecular weight is 284 g/mol. The number of piperidine rings is 1. The normalized spacial score (nSPS) is 25.0. The van der Waals surface area contributed by atoms with Gasteiger partial charge in [0.25, 0.3) is 5.91 Å². The quantitative estimate of drug-likeness (QED) is 0.833. The Morgan fingerprint density at radius 2 is 1.90 bits per heavy atom. The second-order valence-electron chi connectivity index (χ2n) is 6.09. The van der Waals surface area contributed by atoms with Crippen molar-refractivity contribution < 1.29 is 14.4 Å². The van der Waals surface area contributed by atoms with E-state index in [0.717, 1.165) is 11.1 Å². The van der Waals surface area contributed by atoms with E-state index in [2.05, 4.69) is 11.4 Å². The molecule has 0 bridgehead atoms. The zero-order valence-electron chi connectivity index (χ0n) is 11.6. The van der Waals surface area contributed by atoms with Gasteiger partial charge in [-0.15, -0.1) is 0 Å². The van der Waals surface area contributed by atoms with Crippen molar-refractivity contribution in [1.29, 1.82) is 0 Å². The van der Waals surface area contributed by atoms with Crippen LogP contribution in [0.3, 0.4) is 0 Å². The topological polar surface area (TPSA) is 66.5 Å². The summed E-state index contributed by atoms with van der Waals surface area (Å²) in [6.45, 7) is 0.464. The van der Waals surface area contributed by atoms with Crippen molar-refractivity contribution in [1.82, 2.24) is 10.2 Å². The van der Waals surface area contributed by atoms with Crippen molar-refractivity contribution >= 4 is 17.7 Å². The molecule has 1 aromatic carbocycles. The molecular weight excluding hydrogens is 268 g/mol. The zero-order valence-corrected chi connectivity index (χ0v) is 11.6. The minimum atomic E-state index is -0.521. The fourth-order valence-corrected chi connectivity index (χ4v) is 3.24. The summed E-state index contributed by atoms with van der Waals surface area (Å²) >= 11 is 0. The molecule has 4 rings (SSSR count). The first-order chi connectivity index (χ1) is 10.1. The molecule has 0 spiro atoms. The second-order valence-corrected chi connectivity index (χ2v) is 6.09. The maximum Gasteiger partial charge on any atom is 0.255 e. The van der Waals surface area contributed by atoms with Gasteiger partial charge in [-0.2, -0.15) is 0 Å². The molecule has 2 heterocycles. The molecule has 1 aromatic rings. The summed E-state index contributed by atoms with van der Waals surface area (Å²) in [7, 11) is 0. The van der Waals surface area contributed by atoms with Gasteiger partial charge in [0.2, 0.25) is 11.8 Å². The number of fused-ring (bicyclic) bond motifs is 1. The SMILES string of the molecule is O=C1CCC(N2Cc3ccc(C4CC4)cc3C2=O)C(=O)N1. The first-order valence-electron chi connectivity index (χ1n) is 7.41. The monoisotopic (exact) mass is 284 g/mol. The van der Waals surface area contributed by atoms with Crippen molar-refractivity contribution in [2.24, 2.45) is 0 Å². The first kappa shape index (κ1) is 12.6. The molecule has 1 saturated carbocycles. The molecule has 1 aliphatic carbocycles. The maximum absolute atomic E-state index is 12.6. The van der Waals surface area contributed by atoms with E-state index in [9.17, 15) is 14.4 Å². The van der Waals surface area contributed by atoms with Crippen LogP contribution in [-0.2, 0) is 16.1 Å². The lowest BCUT2D eigenvalue weighted by Crippen LogP contribution is -2.52. The van der Waals surface area contributed by atoms with Gasteiger partial charge in [-0.05, 0) is 42.4 Å². The van der Waals surface area contributed by atoms with E-state index in [1.807, 2.05) is 12.1 Å². The lowest BCUT2D eigenvalue weighted by atomic mass is 10.0. The molecular formula is C16H16N2O3. The van der Waals surface area contributed by atoms with Gasteiger partial charge in [-0.3, -0.25) is 19.7 Å². The van der Waals surface area contributed by atoms with Gasteiger partial charge in [-0.1, -0.05) is 12.1 Å². The number of hydrogen-bond acceptors (Lipinski definition) is 3. The molecule has 3 amide bonds. The molecule has 108 valence electrons. The Morgan fingerprint density at radius 1 is 1.10 bits per heavy atom. The zero-order chi connectivity index (χ0) is 14.6. The molecule has 2 aliphatic heterocycles. The fraction of sp³-hybridized carbons (Fsp3) is 0.438. The molecule has 0 aromatic heterocycles. The Hall–Kier alpha value is -2.17. The molecule has 1 atom stereocenters. The van der Waals surface area contributed by atoms with Crippen LogP contribution in [0.1, 0.15) is 53.1 Å². The lowest BCUT2D eigenvalue weighted by Gasteiger charge is -2.29. The maximum atomic E-state index is 12.6. The van der Waals surface area contributed by atoms with Crippen LogP contribution in [0.4, 0.5) is 0 Å². The number of carbonyl (C=O) groups is 3. The van der Waals surface area contributed by atoms with E-state index >= 15 is 0 Å². The van der Waals surface area contributed by atoms with Gasteiger partial charge >= 0.3 is 0 Å². The van der Waals surface area contributed by atoms with Crippen LogP contribution in [0.5, 0.6) is 0 Å². The van der Waals surface area contributed by atoms with Crippen molar-refractivity contribution in [2.75, 3.05) is 0 Å². The van der Waals surface area contributed by atoms with E-state index in [-0.39, 0.29) is 17.7 Å². The third-order valence-corrected chi connectivity index (χ3v) is 4.60. The van der Waals surface area contributed by atoms with E-state index in [4.69, 9.17) is 0 Å². The molecule has 3 aliphatic rings. The number of nitrogens with one attached hydrogen (secondary N) is 1. The highest BCUT2D eigenvalue weighted by Gasteiger charge is 2.39. The molecule has 1 saturated heterocycles. The predicted octanol–water partition coefficient (Wildman–Crippen LogP) is 1.32. The van der Waals surface area contributed by atoms with Crippen molar-refractivity contribution in [3.63, 3.8) is 0 Å². The highest BCUT2D eigenvalue weighted by molar-refractivity contribution is 6.05. The van der Waals surface area contributed by atoms with E-state index < -0.39 is 6.04 Å². The van der Waals surface area contributed by atoms with Crippen molar-refractivity contribution in [3.05, 3.63) is 34.9 Å². The highest BCUT2D eigenvalue weighted by Crippen LogP contribution is 2.41. The minimum absolute atomic E-state index is 0.0815. The number of carbonyl (C=O) groups excluding carboxylic acids is 3. The van der Waals surface area contributed by atoms with Crippen molar-refractivity contribution in [3.8, 4) is 0 Å². The second kappa shape index (κ2) is 4.41. The van der Waals surface area contributed by atoms with Crippen LogP contribution in [0.2, 0.25) is 0 Å². The van der Waals surface area contributed by atoms with Crippen LogP contribution >= 0.6 is 0 Å². The van der Waals surface area contributed by atoms with Gasteiger partial charge < -0.3 is 4.90 Å². The van der Waals surface area contributed by atoms with Gasteiger partial charge in [0, 0.05) is 18.5 Å². The van der Waals surface area contributed by atoms with E-state index in [0.29, 0.717) is 25.3 Å². The summed E-state index contributed by atoms with van der Waals surface area (Å²) in [4.78, 5) is 37.4. The summed E-state index contributed by atoms with van der Waals surface area (Å²) in [6.07, 6.45) is 3.11. The van der Waals surface area contributed by atoms with Gasteiger partial charge in [0.15, 0.2) is 0 Å². The summed E-state index contributed by atoms with van der Waals surface area (Å²) in [6, 6.07) is 5.57. The molecule has 5 nitrogen and oxygen atoms in total. The number of imide groups is 1. The number of nitrogens with zero attached hydrogens (tertiary/aromatic N) is 1. The van der Waals surface area contributed by atoms with Gasteiger partial charge in [-0.25, -0.2) is 0 Å². The standard InChI is InChI=1S/C16H16N2O3/c19-14-6-5-13(15(20)17-14)18-8-11-4-3-10(9-1-2-9)7-12(11)16(18)21/h3-4,7,9,13H,1-2,5-6,8H2,(H,17,19,20). The number of hydrogen-bond donors (Lipinski definition) is 1. The number of benzene rings is 1. The fourth-order valence-electron chi connectivity index (χ4n) is 3.24. The van der Waals surface area contributed by atoms with Gasteiger partial charge in [0.05, 0.1) is 0 Å². The summed E-state index contributed by atoms with van der Waals surface area (Å²) in [5.74, 6) is -0.0824. The summed E-state index contributed by atoms with van der Waals surface area (Å²) < 4.78 is 0. The minimum Gasteiger partial charge on any atom is -0.322 e. The van der Waals surface area contributed by atoms with Crippen LogP contribution < -0.4 is 5.32 Å². The third-order valence-electron chi connectivity index (χ3n) is 4.60. The Bertz CT molecular complexity index is 663. The third kappa shape index (κ3) is 2.04. The number of rotatable bonds is 2. The Kier molecular flexibility index (Phi) is 2.64. The predicted molar refractivity (Wildman–Crippen MR) is 74.5 cm³/mol. The average Bonchev–Trinajstić information content (AvgIpc) is 3.25. The van der Waals surface area contributed by atoms with Crippen molar-refractivity contribution in [2.45, 2.75) is 44.2 Å². The van der Waals surface area contributed by atoms with Gasteiger partial charge in [0.1, 0.15) is 6.04 Å². The Balaban J connectivity index is 1.60. The molecule has 2 fully saturated rings.